The first-order valence-electron chi connectivity index (χ1n) is 13.5. The van der Waals surface area contributed by atoms with Gasteiger partial charge in [-0.1, -0.05) is 25.5 Å². The second-order valence-electron chi connectivity index (χ2n) is 10.5. The number of halogens is 3. The Morgan fingerprint density at radius 3 is 2.62 bits per heavy atom. The molecule has 2 saturated heterocycles. The number of aliphatic hydroxyl groups is 1. The Kier molecular flexibility index (Phi) is 9.99. The summed E-state index contributed by atoms with van der Waals surface area (Å²) in [4.78, 5) is 27.4. The van der Waals surface area contributed by atoms with Crippen LogP contribution < -0.4 is 10.6 Å². The van der Waals surface area contributed by atoms with Crippen molar-refractivity contribution in [2.24, 2.45) is 5.92 Å². The highest BCUT2D eigenvalue weighted by Crippen LogP contribution is 2.23. The van der Waals surface area contributed by atoms with Gasteiger partial charge in [0.1, 0.15) is 17.5 Å². The zero-order valence-electron chi connectivity index (χ0n) is 22.0. The van der Waals surface area contributed by atoms with Crippen LogP contribution in [0.15, 0.2) is 42.5 Å². The number of hydrogen-bond acceptors (Lipinski definition) is 5. The van der Waals surface area contributed by atoms with Crippen molar-refractivity contribution in [2.45, 2.75) is 69.9 Å². The predicted octanol–water partition coefficient (Wildman–Crippen LogP) is 3.09. The lowest BCUT2D eigenvalue weighted by molar-refractivity contribution is -0.129. The maximum absolute atomic E-state index is 13.9. The summed E-state index contributed by atoms with van der Waals surface area (Å²) in [6.07, 6.45) is 1.29. The van der Waals surface area contributed by atoms with Gasteiger partial charge < -0.3 is 25.4 Å². The molecule has 0 saturated carbocycles. The number of amides is 2. The highest BCUT2D eigenvalue weighted by molar-refractivity contribution is 5.89. The van der Waals surface area contributed by atoms with Crippen molar-refractivity contribution in [2.75, 3.05) is 19.7 Å². The second-order valence-corrected chi connectivity index (χ2v) is 10.5. The van der Waals surface area contributed by atoms with E-state index in [1.54, 1.807) is 12.1 Å². The van der Waals surface area contributed by atoms with E-state index in [0.29, 0.717) is 30.7 Å². The third kappa shape index (κ3) is 8.03. The van der Waals surface area contributed by atoms with E-state index in [-0.39, 0.29) is 37.9 Å². The van der Waals surface area contributed by atoms with Crippen molar-refractivity contribution in [3.63, 3.8) is 0 Å². The van der Waals surface area contributed by atoms with Gasteiger partial charge in [-0.05, 0) is 54.7 Å². The molecule has 212 valence electrons. The van der Waals surface area contributed by atoms with Gasteiger partial charge in [0, 0.05) is 44.8 Å². The van der Waals surface area contributed by atoms with Gasteiger partial charge in [0.2, 0.25) is 11.8 Å². The SMILES string of the molecule is CCCCO[C@H]1CN[C@@H]([C@@H](O)[C@H](Cc2cc(F)cc(F)c2)NC(=O)C2CC(=O)N(Cc3cccc(F)c3)C2)C1. The lowest BCUT2D eigenvalue weighted by Crippen LogP contribution is -2.53. The molecule has 0 bridgehead atoms. The van der Waals surface area contributed by atoms with Crippen molar-refractivity contribution < 1.29 is 32.6 Å². The summed E-state index contributed by atoms with van der Waals surface area (Å²) in [7, 11) is 0. The Morgan fingerprint density at radius 2 is 1.90 bits per heavy atom. The molecule has 3 N–H and O–H groups in total. The van der Waals surface area contributed by atoms with Crippen molar-refractivity contribution in [3.05, 3.63) is 71.0 Å². The van der Waals surface area contributed by atoms with Gasteiger partial charge in [0.15, 0.2) is 0 Å². The number of rotatable bonds is 12. The minimum absolute atomic E-state index is 0.00516. The maximum atomic E-state index is 13.9. The molecule has 0 spiro atoms. The number of nitrogens with one attached hydrogen (secondary N) is 2. The smallest absolute Gasteiger partial charge is 0.225 e. The number of carbonyl (C=O) groups excluding carboxylic acids is 2. The van der Waals surface area contributed by atoms with Gasteiger partial charge >= 0.3 is 0 Å². The van der Waals surface area contributed by atoms with Gasteiger partial charge in [0.25, 0.3) is 0 Å². The van der Waals surface area contributed by atoms with Gasteiger partial charge in [0.05, 0.1) is 24.2 Å². The largest absolute Gasteiger partial charge is 0.389 e. The fourth-order valence-corrected chi connectivity index (χ4v) is 5.29. The Balaban J connectivity index is 1.43. The highest BCUT2D eigenvalue weighted by atomic mass is 19.1. The molecule has 0 radical (unpaired) electrons. The summed E-state index contributed by atoms with van der Waals surface area (Å²) in [5, 5.41) is 17.4. The van der Waals surface area contributed by atoms with Crippen LogP contribution in [-0.4, -0.2) is 65.8 Å². The number of unbranched alkanes of at least 4 members (excludes halogenated alkanes) is 1. The zero-order valence-corrected chi connectivity index (χ0v) is 22.0. The lowest BCUT2D eigenvalue weighted by atomic mass is 9.94. The van der Waals surface area contributed by atoms with Crippen molar-refractivity contribution in [3.8, 4) is 0 Å². The Labute approximate surface area is 226 Å². The first kappa shape index (κ1) is 29.0. The first-order chi connectivity index (χ1) is 18.7. The second kappa shape index (κ2) is 13.4. The first-order valence-corrected chi connectivity index (χ1v) is 13.5. The molecule has 7 nitrogen and oxygen atoms in total. The minimum atomic E-state index is -1.07. The Hall–Kier alpha value is -2.95. The molecular formula is C29H36F3N3O4. The van der Waals surface area contributed by atoms with Crippen molar-refractivity contribution in [1.82, 2.24) is 15.5 Å². The summed E-state index contributed by atoms with van der Waals surface area (Å²) in [6, 6.07) is 7.80. The van der Waals surface area contributed by atoms with E-state index in [1.165, 1.54) is 29.2 Å². The van der Waals surface area contributed by atoms with Crippen molar-refractivity contribution >= 4 is 11.8 Å². The molecule has 4 rings (SSSR count). The number of nitrogens with zero attached hydrogens (tertiary/aromatic N) is 1. The molecule has 39 heavy (non-hydrogen) atoms. The summed E-state index contributed by atoms with van der Waals surface area (Å²) in [5.41, 5.74) is 0.912. The normalized spacial score (nSPS) is 22.7. The van der Waals surface area contributed by atoms with Crippen LogP contribution in [0, 0.1) is 23.4 Å². The van der Waals surface area contributed by atoms with E-state index < -0.39 is 47.5 Å². The Bertz CT molecular complexity index is 1130. The van der Waals surface area contributed by atoms with Crippen LogP contribution in [0.4, 0.5) is 13.2 Å². The van der Waals surface area contributed by atoms with E-state index in [9.17, 15) is 27.9 Å². The highest BCUT2D eigenvalue weighted by Gasteiger charge is 2.39. The van der Waals surface area contributed by atoms with E-state index in [1.807, 2.05) is 0 Å². The molecular weight excluding hydrogens is 511 g/mol. The number of carbonyl (C=O) groups is 2. The molecule has 5 atom stereocenters. The van der Waals surface area contributed by atoms with E-state index >= 15 is 0 Å². The number of ether oxygens (including phenoxy) is 1. The van der Waals surface area contributed by atoms with Crippen molar-refractivity contribution in [1.29, 1.82) is 0 Å². The average Bonchev–Trinajstić information content (AvgIpc) is 3.50. The Morgan fingerprint density at radius 1 is 1.15 bits per heavy atom. The van der Waals surface area contributed by atoms with Crippen LogP contribution in [0.5, 0.6) is 0 Å². The standard InChI is InChI=1S/C29H36F3N3O4/c1-2-3-7-39-24-14-25(33-15-24)28(37)26(11-19-9-22(31)13-23(32)10-19)34-29(38)20-12-27(36)35(17-20)16-18-5-4-6-21(30)8-18/h4-6,8-10,13,20,24-26,28,33,37H,2-3,7,11-12,14-17H2,1H3,(H,34,38)/t20?,24-,25-,26+,28-/m1/s1. The molecule has 2 aliphatic rings. The minimum Gasteiger partial charge on any atom is -0.389 e. The number of benzene rings is 2. The summed E-state index contributed by atoms with van der Waals surface area (Å²) < 4.78 is 47.2. The number of hydrogen-bond donors (Lipinski definition) is 3. The predicted molar refractivity (Wildman–Crippen MR) is 139 cm³/mol. The molecule has 1 unspecified atom stereocenters. The number of likely N-dealkylation sites (tertiary alicyclic amines) is 1. The van der Waals surface area contributed by atoms with E-state index in [0.717, 1.165) is 18.9 Å². The van der Waals surface area contributed by atoms with E-state index in [2.05, 4.69) is 17.6 Å². The fraction of sp³-hybridized carbons (Fsp3) is 0.517. The van der Waals surface area contributed by atoms with Crippen LogP contribution >= 0.6 is 0 Å². The molecule has 2 heterocycles. The van der Waals surface area contributed by atoms with Crippen LogP contribution in [0.25, 0.3) is 0 Å². The monoisotopic (exact) mass is 547 g/mol. The third-order valence-electron chi connectivity index (χ3n) is 7.35. The molecule has 2 aliphatic heterocycles. The summed E-state index contributed by atoms with van der Waals surface area (Å²) >= 11 is 0. The molecule has 2 fully saturated rings. The maximum Gasteiger partial charge on any atom is 0.225 e. The number of aliphatic hydroxyl groups excluding tert-OH is 1. The lowest BCUT2D eigenvalue weighted by Gasteiger charge is -2.29. The summed E-state index contributed by atoms with van der Waals surface area (Å²) in [5.74, 6) is -3.23. The van der Waals surface area contributed by atoms with Crippen LogP contribution in [-0.2, 0) is 27.3 Å². The van der Waals surface area contributed by atoms with Gasteiger partial charge in [-0.25, -0.2) is 13.2 Å². The third-order valence-corrected chi connectivity index (χ3v) is 7.35. The molecule has 2 aromatic rings. The van der Waals surface area contributed by atoms with Gasteiger partial charge in [-0.3, -0.25) is 9.59 Å². The van der Waals surface area contributed by atoms with Crippen LogP contribution in [0.3, 0.4) is 0 Å². The van der Waals surface area contributed by atoms with Gasteiger partial charge in [-0.2, -0.15) is 0 Å². The van der Waals surface area contributed by atoms with E-state index in [4.69, 9.17) is 4.74 Å². The molecule has 0 aromatic heterocycles. The molecule has 2 aromatic carbocycles. The quantitative estimate of drug-likeness (QED) is 0.356. The molecule has 0 aliphatic carbocycles. The summed E-state index contributed by atoms with van der Waals surface area (Å²) in [6.45, 7) is 3.57. The average molecular weight is 548 g/mol. The molecule has 2 amide bonds. The van der Waals surface area contributed by atoms with Crippen LogP contribution in [0.2, 0.25) is 0 Å². The molecule has 10 heteroatoms. The topological polar surface area (TPSA) is 90.9 Å². The zero-order chi connectivity index (χ0) is 27.9. The fourth-order valence-electron chi connectivity index (χ4n) is 5.29. The van der Waals surface area contributed by atoms with Gasteiger partial charge in [-0.15, -0.1) is 0 Å². The van der Waals surface area contributed by atoms with Crippen LogP contribution in [0.1, 0.15) is 43.7 Å².